The minimum atomic E-state index is 0.265. The van der Waals surface area contributed by atoms with Crippen LogP contribution in [0.15, 0.2) is 36.4 Å². The van der Waals surface area contributed by atoms with Gasteiger partial charge in [0, 0.05) is 12.2 Å². The number of aryl methyl sites for hydroxylation is 2. The number of para-hydroxylation sites is 1. The maximum atomic E-state index is 5.36. The molecule has 0 fully saturated rings. The van der Waals surface area contributed by atoms with Crippen LogP contribution in [0.25, 0.3) is 0 Å². The van der Waals surface area contributed by atoms with Gasteiger partial charge < -0.3 is 20.1 Å². The maximum Gasteiger partial charge on any atom is 0.231 e. The molecule has 0 unspecified atom stereocenters. The van der Waals surface area contributed by atoms with Gasteiger partial charge in [0.05, 0.1) is 0 Å². The van der Waals surface area contributed by atoms with E-state index in [-0.39, 0.29) is 6.79 Å². The van der Waals surface area contributed by atoms with Crippen LogP contribution in [0.2, 0.25) is 0 Å². The van der Waals surface area contributed by atoms with Crippen LogP contribution >= 0.6 is 24.4 Å². The maximum absolute atomic E-state index is 5.36. The highest BCUT2D eigenvalue weighted by molar-refractivity contribution is 7.80. The average molecular weight is 389 g/mol. The Labute approximate surface area is 163 Å². The van der Waals surface area contributed by atoms with Crippen molar-refractivity contribution in [2.45, 2.75) is 20.4 Å². The Balaban J connectivity index is 1.44. The van der Waals surface area contributed by atoms with E-state index in [4.69, 9.17) is 33.9 Å². The summed E-state index contributed by atoms with van der Waals surface area (Å²) in [6, 6.07) is 11.9. The predicted octanol–water partition coefficient (Wildman–Crippen LogP) is 2.90. The highest BCUT2D eigenvalue weighted by atomic mass is 32.1. The molecule has 26 heavy (non-hydrogen) atoms. The normalized spacial score (nSPS) is 11.6. The van der Waals surface area contributed by atoms with Crippen LogP contribution < -0.4 is 31.0 Å². The lowest BCUT2D eigenvalue weighted by atomic mass is 10.1. The number of benzene rings is 2. The van der Waals surface area contributed by atoms with Crippen molar-refractivity contribution in [3.8, 4) is 11.5 Å². The number of hydrogen-bond acceptors (Lipinski definition) is 4. The Morgan fingerprint density at radius 3 is 2.42 bits per heavy atom. The fourth-order valence-corrected chi connectivity index (χ4v) is 2.82. The SMILES string of the molecule is Cc1cccc(C)c1NC(=S)NNC(=S)NCc1ccc2c(c1)OCO2. The van der Waals surface area contributed by atoms with Gasteiger partial charge in [-0.15, -0.1) is 0 Å². The Kier molecular flexibility index (Phi) is 5.75. The van der Waals surface area contributed by atoms with Crippen molar-refractivity contribution in [2.75, 3.05) is 12.1 Å². The molecule has 6 nitrogen and oxygen atoms in total. The molecule has 136 valence electrons. The number of ether oxygens (including phenoxy) is 2. The van der Waals surface area contributed by atoms with Crippen molar-refractivity contribution in [1.29, 1.82) is 0 Å². The van der Waals surface area contributed by atoms with Gasteiger partial charge in [0.25, 0.3) is 0 Å². The van der Waals surface area contributed by atoms with Gasteiger partial charge in [-0.2, -0.15) is 0 Å². The zero-order chi connectivity index (χ0) is 18.5. The third-order valence-electron chi connectivity index (χ3n) is 3.90. The summed E-state index contributed by atoms with van der Waals surface area (Å²) in [7, 11) is 0. The van der Waals surface area contributed by atoms with E-state index in [1.165, 1.54) is 0 Å². The van der Waals surface area contributed by atoms with Crippen molar-refractivity contribution < 1.29 is 9.47 Å². The number of rotatable bonds is 3. The molecule has 0 saturated heterocycles. The van der Waals surface area contributed by atoms with Gasteiger partial charge in [-0.25, -0.2) is 0 Å². The van der Waals surface area contributed by atoms with Crippen molar-refractivity contribution in [1.82, 2.24) is 16.2 Å². The third kappa shape index (κ3) is 4.53. The Morgan fingerprint density at radius 1 is 0.962 bits per heavy atom. The quantitative estimate of drug-likeness (QED) is 0.473. The molecule has 0 radical (unpaired) electrons. The number of thiocarbonyl (C=S) groups is 2. The summed E-state index contributed by atoms with van der Waals surface area (Å²) >= 11 is 10.6. The van der Waals surface area contributed by atoms with Crippen LogP contribution in [-0.2, 0) is 6.54 Å². The number of nitrogens with one attached hydrogen (secondary N) is 4. The van der Waals surface area contributed by atoms with E-state index in [0.29, 0.717) is 16.8 Å². The summed E-state index contributed by atoms with van der Waals surface area (Å²) in [4.78, 5) is 0. The van der Waals surface area contributed by atoms with Gasteiger partial charge in [-0.05, 0) is 67.1 Å². The first-order chi connectivity index (χ1) is 12.5. The van der Waals surface area contributed by atoms with E-state index in [1.807, 2.05) is 50.2 Å². The van der Waals surface area contributed by atoms with E-state index in [2.05, 4.69) is 21.5 Å². The molecular weight excluding hydrogens is 368 g/mol. The van der Waals surface area contributed by atoms with Gasteiger partial charge in [0.15, 0.2) is 21.7 Å². The lowest BCUT2D eigenvalue weighted by molar-refractivity contribution is 0.174. The van der Waals surface area contributed by atoms with Crippen LogP contribution in [0.1, 0.15) is 16.7 Å². The van der Waals surface area contributed by atoms with E-state index >= 15 is 0 Å². The first-order valence-electron chi connectivity index (χ1n) is 8.08. The molecule has 0 saturated carbocycles. The molecule has 0 spiro atoms. The fourth-order valence-electron chi connectivity index (χ4n) is 2.55. The molecule has 0 bridgehead atoms. The first-order valence-corrected chi connectivity index (χ1v) is 8.90. The van der Waals surface area contributed by atoms with Gasteiger partial charge >= 0.3 is 0 Å². The monoisotopic (exact) mass is 388 g/mol. The molecular formula is C18H20N4O2S2. The summed E-state index contributed by atoms with van der Waals surface area (Å²) in [6.07, 6.45) is 0. The lowest BCUT2D eigenvalue weighted by Crippen LogP contribution is -2.48. The largest absolute Gasteiger partial charge is 0.454 e. The fraction of sp³-hybridized carbons (Fsp3) is 0.222. The van der Waals surface area contributed by atoms with Crippen LogP contribution in [0.5, 0.6) is 11.5 Å². The minimum absolute atomic E-state index is 0.265. The standard InChI is InChI=1S/C18H20N4O2S2/c1-11-4-3-5-12(2)16(11)20-18(26)22-21-17(25)19-9-13-6-7-14-15(8-13)24-10-23-14/h3-8H,9-10H2,1-2H3,(H2,19,21,25)(H2,20,22,26). The van der Waals surface area contributed by atoms with E-state index in [0.717, 1.165) is 33.9 Å². The number of fused-ring (bicyclic) bond motifs is 1. The minimum Gasteiger partial charge on any atom is -0.454 e. The zero-order valence-corrected chi connectivity index (χ0v) is 16.1. The first kappa shape index (κ1) is 18.2. The average Bonchev–Trinajstić information content (AvgIpc) is 3.09. The van der Waals surface area contributed by atoms with Crippen LogP contribution in [0.4, 0.5) is 5.69 Å². The second kappa shape index (κ2) is 8.20. The molecule has 0 aromatic heterocycles. The Hall–Kier alpha value is -2.58. The van der Waals surface area contributed by atoms with E-state index < -0.39 is 0 Å². The summed E-state index contributed by atoms with van der Waals surface area (Å²) in [5.74, 6) is 1.51. The Morgan fingerprint density at radius 2 is 1.65 bits per heavy atom. The molecule has 2 aromatic rings. The molecule has 1 heterocycles. The predicted molar refractivity (Wildman–Crippen MR) is 110 cm³/mol. The highest BCUT2D eigenvalue weighted by Gasteiger charge is 2.13. The van der Waals surface area contributed by atoms with Crippen molar-refractivity contribution in [3.63, 3.8) is 0 Å². The molecule has 1 aliphatic heterocycles. The van der Waals surface area contributed by atoms with Gasteiger partial charge in [0.2, 0.25) is 6.79 Å². The van der Waals surface area contributed by atoms with E-state index in [1.54, 1.807) is 0 Å². The molecule has 0 atom stereocenters. The number of hydrogen-bond donors (Lipinski definition) is 4. The molecule has 2 aromatic carbocycles. The van der Waals surface area contributed by atoms with Crippen molar-refractivity contribution in [3.05, 3.63) is 53.1 Å². The van der Waals surface area contributed by atoms with Crippen LogP contribution in [0, 0.1) is 13.8 Å². The number of anilines is 1. The van der Waals surface area contributed by atoms with Crippen molar-refractivity contribution >= 4 is 40.3 Å². The third-order valence-corrected chi connectivity index (χ3v) is 4.35. The molecule has 0 aliphatic carbocycles. The molecule has 0 amide bonds. The topological polar surface area (TPSA) is 66.6 Å². The van der Waals surface area contributed by atoms with E-state index in [9.17, 15) is 0 Å². The molecule has 3 rings (SSSR count). The summed E-state index contributed by atoms with van der Waals surface area (Å²) in [6.45, 7) is 4.88. The molecule has 8 heteroatoms. The zero-order valence-electron chi connectivity index (χ0n) is 14.5. The second-order valence-corrected chi connectivity index (χ2v) is 6.66. The van der Waals surface area contributed by atoms with Crippen molar-refractivity contribution in [2.24, 2.45) is 0 Å². The lowest BCUT2D eigenvalue weighted by Gasteiger charge is -2.16. The van der Waals surface area contributed by atoms with Crippen LogP contribution in [0.3, 0.4) is 0 Å². The summed E-state index contributed by atoms with van der Waals surface area (Å²) < 4.78 is 10.7. The molecule has 4 N–H and O–H groups in total. The summed E-state index contributed by atoms with van der Waals surface area (Å²) in [5.41, 5.74) is 10.0. The highest BCUT2D eigenvalue weighted by Crippen LogP contribution is 2.32. The van der Waals surface area contributed by atoms with Crippen LogP contribution in [-0.4, -0.2) is 17.0 Å². The second-order valence-electron chi connectivity index (χ2n) is 5.84. The summed E-state index contributed by atoms with van der Waals surface area (Å²) in [5, 5.41) is 7.16. The van der Waals surface area contributed by atoms with Gasteiger partial charge in [-0.1, -0.05) is 24.3 Å². The molecule has 1 aliphatic rings. The van der Waals surface area contributed by atoms with Gasteiger partial charge in [-0.3, -0.25) is 10.9 Å². The number of hydrazine groups is 1. The Bertz CT molecular complexity index is 822. The smallest absolute Gasteiger partial charge is 0.231 e. The van der Waals surface area contributed by atoms with Gasteiger partial charge in [0.1, 0.15) is 0 Å².